The zero-order valence-corrected chi connectivity index (χ0v) is 13.4. The Bertz CT molecular complexity index is 635. The molecule has 0 aliphatic heterocycles. The van der Waals surface area contributed by atoms with Crippen molar-refractivity contribution in [2.45, 2.75) is 13.8 Å². The number of tetrazole rings is 1. The van der Waals surface area contributed by atoms with Crippen molar-refractivity contribution in [2.75, 3.05) is 30.0 Å². The molecule has 0 aliphatic rings. The van der Waals surface area contributed by atoms with E-state index >= 15 is 0 Å². The molecule has 1 heterocycles. The first-order valence-electron chi connectivity index (χ1n) is 7.43. The Labute approximate surface area is 135 Å². The number of aromatic amines is 1. The predicted octanol–water partition coefficient (Wildman–Crippen LogP) is 2.06. The van der Waals surface area contributed by atoms with Crippen molar-refractivity contribution in [1.29, 1.82) is 0 Å². The number of ether oxygens (including phenoxy) is 1. The van der Waals surface area contributed by atoms with Gasteiger partial charge in [0.2, 0.25) is 0 Å². The molecule has 2 rings (SSSR count). The van der Waals surface area contributed by atoms with Crippen LogP contribution in [0.5, 0.6) is 5.75 Å². The molecule has 122 valence electrons. The van der Waals surface area contributed by atoms with Crippen LogP contribution in [-0.2, 0) is 0 Å². The van der Waals surface area contributed by atoms with E-state index in [9.17, 15) is 0 Å². The lowest BCUT2D eigenvalue weighted by Crippen LogP contribution is -2.21. The molecule has 0 radical (unpaired) electrons. The van der Waals surface area contributed by atoms with Crippen LogP contribution >= 0.6 is 0 Å². The van der Waals surface area contributed by atoms with Crippen LogP contribution in [-0.4, -0.2) is 46.5 Å². The highest BCUT2D eigenvalue weighted by atomic mass is 16.5. The second kappa shape index (κ2) is 8.52. The summed E-state index contributed by atoms with van der Waals surface area (Å²) in [5.41, 5.74) is 4.64. The molecule has 0 saturated carbocycles. The highest BCUT2D eigenvalue weighted by Crippen LogP contribution is 2.25. The largest absolute Gasteiger partial charge is 0.489 e. The lowest BCUT2D eigenvalue weighted by atomic mass is 10.2. The van der Waals surface area contributed by atoms with Crippen LogP contribution in [0.25, 0.3) is 0 Å². The molecule has 0 amide bonds. The van der Waals surface area contributed by atoms with Gasteiger partial charge in [-0.15, -0.1) is 5.10 Å². The number of hydrazone groups is 1. The molecule has 0 spiro atoms. The summed E-state index contributed by atoms with van der Waals surface area (Å²) in [6.45, 7) is 10.2. The summed E-state index contributed by atoms with van der Waals surface area (Å²) in [5, 5.41) is 17.4. The standard InChI is InChI=1S/C15H21N7O/c1-4-9-23-14-10-13(22(5-2)6-3)8-7-12(14)11-16-17-15-18-20-21-19-15/h4,7-8,10-11H,1,5-6,9H2,2-3H3,(H2,17,18,19,20,21). The van der Waals surface area contributed by atoms with E-state index in [0.717, 1.165) is 30.1 Å². The summed E-state index contributed by atoms with van der Waals surface area (Å²) in [6, 6.07) is 6.02. The average molecular weight is 315 g/mol. The summed E-state index contributed by atoms with van der Waals surface area (Å²) in [5.74, 6) is 1.04. The zero-order chi connectivity index (χ0) is 16.5. The van der Waals surface area contributed by atoms with E-state index < -0.39 is 0 Å². The van der Waals surface area contributed by atoms with Gasteiger partial charge in [0.15, 0.2) is 0 Å². The summed E-state index contributed by atoms with van der Waals surface area (Å²) in [6.07, 6.45) is 3.36. The van der Waals surface area contributed by atoms with Crippen LogP contribution in [0, 0.1) is 0 Å². The van der Waals surface area contributed by atoms with Gasteiger partial charge < -0.3 is 9.64 Å². The minimum Gasteiger partial charge on any atom is -0.489 e. The normalized spacial score (nSPS) is 10.7. The van der Waals surface area contributed by atoms with E-state index in [4.69, 9.17) is 4.74 Å². The van der Waals surface area contributed by atoms with E-state index in [1.807, 2.05) is 18.2 Å². The molecule has 1 aromatic carbocycles. The zero-order valence-electron chi connectivity index (χ0n) is 13.4. The topological polar surface area (TPSA) is 91.3 Å². The van der Waals surface area contributed by atoms with Crippen LogP contribution in [0.1, 0.15) is 19.4 Å². The van der Waals surface area contributed by atoms with Crippen molar-refractivity contribution >= 4 is 17.9 Å². The number of nitrogens with one attached hydrogen (secondary N) is 2. The Morgan fingerprint density at radius 2 is 2.22 bits per heavy atom. The van der Waals surface area contributed by atoms with Gasteiger partial charge in [0, 0.05) is 30.4 Å². The second-order valence-electron chi connectivity index (χ2n) is 4.60. The Hall–Kier alpha value is -2.90. The van der Waals surface area contributed by atoms with Gasteiger partial charge in [0.1, 0.15) is 12.4 Å². The molecule has 0 atom stereocenters. The Morgan fingerprint density at radius 1 is 1.39 bits per heavy atom. The minimum atomic E-state index is 0.301. The Balaban J connectivity index is 2.19. The van der Waals surface area contributed by atoms with Gasteiger partial charge in [-0.05, 0) is 31.2 Å². The second-order valence-corrected chi connectivity index (χ2v) is 4.60. The van der Waals surface area contributed by atoms with E-state index in [0.29, 0.717) is 12.6 Å². The molecule has 2 aromatic rings. The first kappa shape index (κ1) is 16.5. The van der Waals surface area contributed by atoms with Crippen molar-refractivity contribution in [3.8, 4) is 5.75 Å². The smallest absolute Gasteiger partial charge is 0.283 e. The number of nitrogens with zero attached hydrogens (tertiary/aromatic N) is 5. The van der Waals surface area contributed by atoms with Gasteiger partial charge in [-0.1, -0.05) is 17.8 Å². The van der Waals surface area contributed by atoms with E-state index in [1.54, 1.807) is 12.3 Å². The maximum Gasteiger partial charge on any atom is 0.283 e. The molecule has 0 aliphatic carbocycles. The van der Waals surface area contributed by atoms with Gasteiger partial charge >= 0.3 is 0 Å². The predicted molar refractivity (Wildman–Crippen MR) is 91.1 cm³/mol. The minimum absolute atomic E-state index is 0.301. The molecule has 8 nitrogen and oxygen atoms in total. The van der Waals surface area contributed by atoms with E-state index in [1.165, 1.54) is 0 Å². The third-order valence-corrected chi connectivity index (χ3v) is 3.20. The van der Waals surface area contributed by atoms with Gasteiger partial charge in [-0.25, -0.2) is 5.43 Å². The molecule has 8 heteroatoms. The average Bonchev–Trinajstić information content (AvgIpc) is 3.09. The fourth-order valence-electron chi connectivity index (χ4n) is 2.06. The molecular formula is C15H21N7O. The molecule has 0 saturated heterocycles. The summed E-state index contributed by atoms with van der Waals surface area (Å²) in [4.78, 5) is 2.25. The Morgan fingerprint density at radius 3 is 2.87 bits per heavy atom. The van der Waals surface area contributed by atoms with Crippen LogP contribution < -0.4 is 15.1 Å². The van der Waals surface area contributed by atoms with Gasteiger partial charge in [-0.2, -0.15) is 10.3 Å². The van der Waals surface area contributed by atoms with Crippen molar-refractivity contribution in [2.24, 2.45) is 5.10 Å². The quantitative estimate of drug-likeness (QED) is 0.418. The number of benzene rings is 1. The fourth-order valence-corrected chi connectivity index (χ4v) is 2.06. The van der Waals surface area contributed by atoms with E-state index in [2.05, 4.69) is 56.5 Å². The number of anilines is 2. The first-order valence-corrected chi connectivity index (χ1v) is 7.43. The number of hydrogen-bond acceptors (Lipinski definition) is 7. The lowest BCUT2D eigenvalue weighted by Gasteiger charge is -2.22. The SMILES string of the molecule is C=CCOc1cc(N(CC)CC)ccc1C=NNc1nn[nH]n1. The van der Waals surface area contributed by atoms with Crippen molar-refractivity contribution in [3.63, 3.8) is 0 Å². The fraction of sp³-hybridized carbons (Fsp3) is 0.333. The van der Waals surface area contributed by atoms with Crippen LogP contribution in [0.15, 0.2) is 36.0 Å². The number of rotatable bonds is 9. The molecule has 1 aromatic heterocycles. The van der Waals surface area contributed by atoms with Gasteiger partial charge in [-0.3, -0.25) is 0 Å². The number of aromatic nitrogens is 4. The van der Waals surface area contributed by atoms with Crippen LogP contribution in [0.4, 0.5) is 11.6 Å². The maximum atomic E-state index is 5.74. The molecule has 23 heavy (non-hydrogen) atoms. The van der Waals surface area contributed by atoms with Crippen LogP contribution in [0.2, 0.25) is 0 Å². The number of hydrogen-bond donors (Lipinski definition) is 2. The van der Waals surface area contributed by atoms with Crippen molar-refractivity contribution in [3.05, 3.63) is 36.4 Å². The molecule has 0 bridgehead atoms. The van der Waals surface area contributed by atoms with Crippen molar-refractivity contribution in [1.82, 2.24) is 20.6 Å². The molecular weight excluding hydrogens is 294 g/mol. The van der Waals surface area contributed by atoms with Gasteiger partial charge in [0.05, 0.1) is 6.21 Å². The highest BCUT2D eigenvalue weighted by molar-refractivity contribution is 5.85. The van der Waals surface area contributed by atoms with Crippen molar-refractivity contribution < 1.29 is 4.74 Å². The third kappa shape index (κ3) is 4.53. The summed E-state index contributed by atoms with van der Waals surface area (Å²) < 4.78 is 5.74. The molecule has 0 fully saturated rings. The molecule has 2 N–H and O–H groups in total. The van der Waals surface area contributed by atoms with Gasteiger partial charge in [0.25, 0.3) is 5.95 Å². The van der Waals surface area contributed by atoms with E-state index in [-0.39, 0.29) is 0 Å². The Kier molecular flexibility index (Phi) is 6.10. The summed E-state index contributed by atoms with van der Waals surface area (Å²) >= 11 is 0. The first-order chi connectivity index (χ1) is 11.3. The lowest BCUT2D eigenvalue weighted by molar-refractivity contribution is 0.363. The monoisotopic (exact) mass is 315 g/mol. The summed E-state index contributed by atoms with van der Waals surface area (Å²) in [7, 11) is 0. The maximum absolute atomic E-state index is 5.74. The van der Waals surface area contributed by atoms with Crippen LogP contribution in [0.3, 0.4) is 0 Å². The third-order valence-electron chi connectivity index (χ3n) is 3.20. The molecule has 0 unspecified atom stereocenters. The highest BCUT2D eigenvalue weighted by Gasteiger charge is 2.07. The number of H-pyrrole nitrogens is 1.